The molecule has 200 valence electrons. The third-order valence-electron chi connectivity index (χ3n) is 6.64. The van der Waals surface area contributed by atoms with E-state index >= 15 is 0 Å². The molecule has 0 saturated heterocycles. The van der Waals surface area contributed by atoms with Gasteiger partial charge in [-0.2, -0.15) is 4.99 Å². The van der Waals surface area contributed by atoms with Gasteiger partial charge in [-0.05, 0) is 53.6 Å². The van der Waals surface area contributed by atoms with Crippen molar-refractivity contribution in [3.8, 4) is 22.6 Å². The number of ether oxygens (including phenoxy) is 1. The molecule has 0 aliphatic heterocycles. The van der Waals surface area contributed by atoms with Gasteiger partial charge >= 0.3 is 0 Å². The number of amidine groups is 1. The first-order chi connectivity index (χ1) is 19.0. The Hall–Kier alpha value is -4.52. The van der Waals surface area contributed by atoms with E-state index in [1.54, 1.807) is 4.57 Å². The molecule has 0 aliphatic carbocycles. The van der Waals surface area contributed by atoms with E-state index in [4.69, 9.17) is 15.5 Å². The summed E-state index contributed by atoms with van der Waals surface area (Å²) in [4.78, 5) is 33.2. The molecule has 3 aromatic carbocycles. The Labute approximate surface area is 229 Å². The minimum Gasteiger partial charge on any atom is -0.450 e. The summed E-state index contributed by atoms with van der Waals surface area (Å²) in [5.41, 5.74) is 11.1. The lowest BCUT2D eigenvalue weighted by Crippen LogP contribution is -2.28. The third kappa shape index (κ3) is 6.32. The number of aliphatic imine (C=N–C) groups is 1. The van der Waals surface area contributed by atoms with Gasteiger partial charge in [-0.25, -0.2) is 4.98 Å². The maximum Gasteiger partial charge on any atom is 0.297 e. The standard InChI is InChI=1S/C32H34N4O3/c1-4-9-29-35-28(6-3)30(39-25-18-14-22(5-2)15-19-25)32(38)36(29)20-23-12-16-24(17-13-23)26-10-7-8-11-27(26)31(33)34-21-37/h7-8,10-19,21H,4-6,9,20H2,1-3H3,(H2,33,34,37). The Morgan fingerprint density at radius 3 is 2.28 bits per heavy atom. The van der Waals surface area contributed by atoms with Crippen LogP contribution in [0.4, 0.5) is 0 Å². The van der Waals surface area contributed by atoms with Gasteiger partial charge in [-0.15, -0.1) is 0 Å². The van der Waals surface area contributed by atoms with Crippen molar-refractivity contribution < 1.29 is 9.53 Å². The predicted octanol–water partition coefficient (Wildman–Crippen LogP) is 5.69. The average Bonchev–Trinajstić information content (AvgIpc) is 2.97. The number of aryl methyl sites for hydroxylation is 3. The first kappa shape index (κ1) is 27.5. The van der Waals surface area contributed by atoms with Crippen molar-refractivity contribution in [3.63, 3.8) is 0 Å². The molecule has 2 N–H and O–H groups in total. The summed E-state index contributed by atoms with van der Waals surface area (Å²) < 4.78 is 7.85. The van der Waals surface area contributed by atoms with Crippen LogP contribution in [-0.2, 0) is 30.6 Å². The van der Waals surface area contributed by atoms with Crippen LogP contribution in [0.5, 0.6) is 11.5 Å². The van der Waals surface area contributed by atoms with E-state index in [1.165, 1.54) is 5.56 Å². The second-order valence-corrected chi connectivity index (χ2v) is 9.26. The van der Waals surface area contributed by atoms with Crippen LogP contribution in [0.25, 0.3) is 11.1 Å². The number of hydrogen-bond acceptors (Lipinski definition) is 4. The zero-order valence-electron chi connectivity index (χ0n) is 22.7. The van der Waals surface area contributed by atoms with Crippen LogP contribution < -0.4 is 16.0 Å². The molecule has 4 rings (SSSR count). The zero-order chi connectivity index (χ0) is 27.8. The lowest BCUT2D eigenvalue weighted by molar-refractivity contribution is -0.106. The number of aromatic nitrogens is 2. The molecule has 0 aliphatic rings. The molecule has 0 atom stereocenters. The minimum atomic E-state index is -0.183. The van der Waals surface area contributed by atoms with E-state index < -0.39 is 0 Å². The summed E-state index contributed by atoms with van der Waals surface area (Å²) in [6.07, 6.45) is 3.53. The SMILES string of the molecule is CCCc1nc(CC)c(Oc2ccc(CC)cc2)c(=O)n1Cc1ccc(-c2ccccc2C(N)=NC=O)cc1. The molecular formula is C32H34N4O3. The first-order valence-electron chi connectivity index (χ1n) is 13.3. The molecule has 1 amide bonds. The van der Waals surface area contributed by atoms with Crippen LogP contribution in [0.3, 0.4) is 0 Å². The molecule has 39 heavy (non-hydrogen) atoms. The lowest BCUT2D eigenvalue weighted by Gasteiger charge is -2.17. The van der Waals surface area contributed by atoms with E-state index in [9.17, 15) is 9.59 Å². The molecule has 0 spiro atoms. The third-order valence-corrected chi connectivity index (χ3v) is 6.64. The fourth-order valence-corrected chi connectivity index (χ4v) is 4.52. The van der Waals surface area contributed by atoms with E-state index in [2.05, 4.69) is 18.8 Å². The summed E-state index contributed by atoms with van der Waals surface area (Å²) in [5, 5.41) is 0. The first-order valence-corrected chi connectivity index (χ1v) is 13.3. The zero-order valence-corrected chi connectivity index (χ0v) is 22.7. The molecule has 0 fully saturated rings. The van der Waals surface area contributed by atoms with E-state index in [0.717, 1.165) is 35.4 Å². The van der Waals surface area contributed by atoms with Crippen molar-refractivity contribution in [2.75, 3.05) is 0 Å². The molecule has 7 nitrogen and oxygen atoms in total. The highest BCUT2D eigenvalue weighted by Crippen LogP contribution is 2.26. The van der Waals surface area contributed by atoms with Crippen LogP contribution in [0.1, 0.15) is 55.4 Å². The average molecular weight is 523 g/mol. The monoisotopic (exact) mass is 522 g/mol. The maximum atomic E-state index is 13.8. The Bertz CT molecular complexity index is 1520. The molecular weight excluding hydrogens is 488 g/mol. The van der Waals surface area contributed by atoms with Gasteiger partial charge in [0.15, 0.2) is 0 Å². The Morgan fingerprint density at radius 2 is 1.64 bits per heavy atom. The molecule has 4 aromatic rings. The fourth-order valence-electron chi connectivity index (χ4n) is 4.52. The summed E-state index contributed by atoms with van der Waals surface area (Å²) in [6, 6.07) is 23.3. The smallest absolute Gasteiger partial charge is 0.297 e. The van der Waals surface area contributed by atoms with Crippen molar-refractivity contribution in [1.82, 2.24) is 9.55 Å². The van der Waals surface area contributed by atoms with Gasteiger partial charge in [0.2, 0.25) is 12.2 Å². The van der Waals surface area contributed by atoms with Crippen molar-refractivity contribution in [2.45, 2.75) is 53.0 Å². The molecule has 7 heteroatoms. The molecule has 1 aromatic heterocycles. The van der Waals surface area contributed by atoms with Gasteiger partial charge in [0.25, 0.3) is 5.56 Å². The number of nitrogens with zero attached hydrogens (tertiary/aromatic N) is 3. The summed E-state index contributed by atoms with van der Waals surface area (Å²) in [6.45, 7) is 6.53. The maximum absolute atomic E-state index is 13.8. The Balaban J connectivity index is 1.69. The van der Waals surface area contributed by atoms with E-state index in [0.29, 0.717) is 42.8 Å². The second-order valence-electron chi connectivity index (χ2n) is 9.26. The van der Waals surface area contributed by atoms with Crippen LogP contribution >= 0.6 is 0 Å². The quantitative estimate of drug-likeness (QED) is 0.155. The topological polar surface area (TPSA) is 99.6 Å². The van der Waals surface area contributed by atoms with Gasteiger partial charge in [0.05, 0.1) is 12.2 Å². The number of amides is 1. The number of nitrogens with two attached hydrogens (primary N) is 1. The molecule has 1 heterocycles. The highest BCUT2D eigenvalue weighted by atomic mass is 16.5. The normalized spacial score (nSPS) is 11.4. The highest BCUT2D eigenvalue weighted by molar-refractivity contribution is 6.05. The van der Waals surface area contributed by atoms with Crippen LogP contribution in [0.2, 0.25) is 0 Å². The van der Waals surface area contributed by atoms with Crippen molar-refractivity contribution in [1.29, 1.82) is 0 Å². The fraction of sp³-hybridized carbons (Fsp3) is 0.250. The van der Waals surface area contributed by atoms with Crippen LogP contribution in [0, 0.1) is 0 Å². The van der Waals surface area contributed by atoms with Gasteiger partial charge in [-0.1, -0.05) is 81.4 Å². The van der Waals surface area contributed by atoms with Crippen molar-refractivity contribution >= 4 is 12.2 Å². The Kier molecular flexibility index (Phi) is 9.05. The van der Waals surface area contributed by atoms with Crippen LogP contribution in [-0.4, -0.2) is 21.8 Å². The Morgan fingerprint density at radius 1 is 0.949 bits per heavy atom. The van der Waals surface area contributed by atoms with Crippen molar-refractivity contribution in [2.24, 2.45) is 10.7 Å². The number of carbonyl (C=O) groups excluding carboxylic acids is 1. The largest absolute Gasteiger partial charge is 0.450 e. The summed E-state index contributed by atoms with van der Waals surface area (Å²) >= 11 is 0. The molecule has 0 radical (unpaired) electrons. The van der Waals surface area contributed by atoms with Gasteiger partial charge in [0.1, 0.15) is 17.4 Å². The summed E-state index contributed by atoms with van der Waals surface area (Å²) in [7, 11) is 0. The minimum absolute atomic E-state index is 0.166. The second kappa shape index (κ2) is 12.8. The lowest BCUT2D eigenvalue weighted by atomic mass is 9.98. The van der Waals surface area contributed by atoms with E-state index in [-0.39, 0.29) is 17.1 Å². The highest BCUT2D eigenvalue weighted by Gasteiger charge is 2.18. The predicted molar refractivity (Wildman–Crippen MR) is 156 cm³/mol. The van der Waals surface area contributed by atoms with Crippen LogP contribution in [0.15, 0.2) is 82.6 Å². The van der Waals surface area contributed by atoms with Crippen molar-refractivity contribution in [3.05, 3.63) is 111 Å². The number of rotatable bonds is 11. The molecule has 0 bridgehead atoms. The summed E-state index contributed by atoms with van der Waals surface area (Å²) in [5.74, 6) is 1.81. The van der Waals surface area contributed by atoms with Gasteiger partial charge < -0.3 is 10.5 Å². The number of benzene rings is 3. The van der Waals surface area contributed by atoms with Gasteiger partial charge in [-0.3, -0.25) is 14.2 Å². The number of hydrogen-bond donors (Lipinski definition) is 1. The molecule has 0 unspecified atom stereocenters. The molecule has 0 saturated carbocycles. The number of carbonyl (C=O) groups is 1. The van der Waals surface area contributed by atoms with E-state index in [1.807, 2.05) is 79.7 Å². The van der Waals surface area contributed by atoms with Gasteiger partial charge in [0, 0.05) is 12.0 Å².